The summed E-state index contributed by atoms with van der Waals surface area (Å²) in [5.74, 6) is 0. The topological polar surface area (TPSA) is 25.8 Å². The van der Waals surface area contributed by atoms with E-state index in [1.165, 1.54) is 0 Å². The third-order valence-electron chi connectivity index (χ3n) is 2.55. The standard InChI is InChI=1S/C14H9BrN2S/c15-12-3-1-2-11(8-12)14-17-13(9-18-14)10-4-6-16-7-5-10/h1-9H. The molecule has 2 heterocycles. The van der Waals surface area contributed by atoms with Crippen molar-refractivity contribution >= 4 is 27.3 Å². The Hall–Kier alpha value is -1.52. The van der Waals surface area contributed by atoms with Gasteiger partial charge in [0.25, 0.3) is 0 Å². The fraction of sp³-hybridized carbons (Fsp3) is 0. The number of thiazole rings is 1. The molecule has 0 radical (unpaired) electrons. The lowest BCUT2D eigenvalue weighted by molar-refractivity contribution is 1.31. The van der Waals surface area contributed by atoms with Gasteiger partial charge in [-0.15, -0.1) is 11.3 Å². The quantitative estimate of drug-likeness (QED) is 0.688. The van der Waals surface area contributed by atoms with Crippen LogP contribution in [0.4, 0.5) is 0 Å². The fourth-order valence-corrected chi connectivity index (χ4v) is 2.91. The van der Waals surface area contributed by atoms with Crippen molar-refractivity contribution in [3.05, 3.63) is 58.6 Å². The van der Waals surface area contributed by atoms with Gasteiger partial charge in [0.15, 0.2) is 0 Å². The maximum absolute atomic E-state index is 4.66. The molecular formula is C14H9BrN2S. The monoisotopic (exact) mass is 316 g/mol. The van der Waals surface area contributed by atoms with Crippen LogP contribution in [0.3, 0.4) is 0 Å². The molecule has 1 aromatic carbocycles. The summed E-state index contributed by atoms with van der Waals surface area (Å²) >= 11 is 5.13. The molecule has 0 unspecified atom stereocenters. The average molecular weight is 317 g/mol. The van der Waals surface area contributed by atoms with Crippen LogP contribution in [0.1, 0.15) is 0 Å². The minimum Gasteiger partial charge on any atom is -0.265 e. The molecule has 0 bridgehead atoms. The molecule has 0 atom stereocenters. The number of rotatable bonds is 2. The second-order valence-electron chi connectivity index (χ2n) is 3.78. The van der Waals surface area contributed by atoms with E-state index < -0.39 is 0 Å². The van der Waals surface area contributed by atoms with Crippen molar-refractivity contribution in [1.82, 2.24) is 9.97 Å². The maximum Gasteiger partial charge on any atom is 0.124 e. The third-order valence-corrected chi connectivity index (χ3v) is 3.94. The number of aromatic nitrogens is 2. The Morgan fingerprint density at radius 2 is 1.83 bits per heavy atom. The molecule has 2 aromatic heterocycles. The van der Waals surface area contributed by atoms with E-state index in [2.05, 4.69) is 43.4 Å². The van der Waals surface area contributed by atoms with E-state index in [0.717, 1.165) is 26.3 Å². The largest absolute Gasteiger partial charge is 0.265 e. The first kappa shape index (κ1) is 11.6. The van der Waals surface area contributed by atoms with Gasteiger partial charge in [-0.25, -0.2) is 4.98 Å². The van der Waals surface area contributed by atoms with Crippen LogP contribution in [0.15, 0.2) is 58.6 Å². The number of nitrogens with zero attached hydrogens (tertiary/aromatic N) is 2. The SMILES string of the molecule is Brc1cccc(-c2nc(-c3ccncc3)cs2)c1. The van der Waals surface area contributed by atoms with Gasteiger partial charge in [0, 0.05) is 33.4 Å². The number of halogens is 1. The number of benzene rings is 1. The van der Waals surface area contributed by atoms with Crippen LogP contribution in [0.2, 0.25) is 0 Å². The van der Waals surface area contributed by atoms with E-state index in [1.807, 2.05) is 24.3 Å². The van der Waals surface area contributed by atoms with E-state index in [1.54, 1.807) is 23.7 Å². The summed E-state index contributed by atoms with van der Waals surface area (Å²) in [5.41, 5.74) is 3.23. The highest BCUT2D eigenvalue weighted by Crippen LogP contribution is 2.29. The molecule has 0 aliphatic carbocycles. The van der Waals surface area contributed by atoms with Crippen LogP contribution in [0.5, 0.6) is 0 Å². The highest BCUT2D eigenvalue weighted by atomic mass is 79.9. The molecule has 0 amide bonds. The molecule has 0 fully saturated rings. The molecule has 3 rings (SSSR count). The first-order valence-electron chi connectivity index (χ1n) is 5.45. The molecule has 0 saturated carbocycles. The Kier molecular flexibility index (Phi) is 3.21. The van der Waals surface area contributed by atoms with Gasteiger partial charge < -0.3 is 0 Å². The molecule has 18 heavy (non-hydrogen) atoms. The van der Waals surface area contributed by atoms with Gasteiger partial charge in [-0.05, 0) is 24.3 Å². The van der Waals surface area contributed by atoms with Gasteiger partial charge in [-0.3, -0.25) is 4.98 Å². The van der Waals surface area contributed by atoms with Crippen molar-refractivity contribution in [1.29, 1.82) is 0 Å². The molecule has 4 heteroatoms. The van der Waals surface area contributed by atoms with E-state index >= 15 is 0 Å². The second-order valence-corrected chi connectivity index (χ2v) is 5.56. The summed E-state index contributed by atoms with van der Waals surface area (Å²) in [7, 11) is 0. The van der Waals surface area contributed by atoms with E-state index in [-0.39, 0.29) is 0 Å². The molecule has 3 aromatic rings. The molecule has 2 nitrogen and oxygen atoms in total. The van der Waals surface area contributed by atoms with E-state index in [4.69, 9.17) is 0 Å². The highest BCUT2D eigenvalue weighted by molar-refractivity contribution is 9.10. The Morgan fingerprint density at radius 1 is 1.00 bits per heavy atom. The molecule has 0 aliphatic rings. The Balaban J connectivity index is 2.00. The van der Waals surface area contributed by atoms with Crippen LogP contribution in [-0.2, 0) is 0 Å². The van der Waals surface area contributed by atoms with Crippen LogP contribution in [0, 0.1) is 0 Å². The number of hydrogen-bond donors (Lipinski definition) is 0. The number of pyridine rings is 1. The predicted molar refractivity (Wildman–Crippen MR) is 78.5 cm³/mol. The summed E-state index contributed by atoms with van der Waals surface area (Å²) in [6.45, 7) is 0. The maximum atomic E-state index is 4.66. The highest BCUT2D eigenvalue weighted by Gasteiger charge is 2.06. The fourth-order valence-electron chi connectivity index (χ4n) is 1.68. The van der Waals surface area contributed by atoms with Gasteiger partial charge in [0.1, 0.15) is 5.01 Å². The summed E-state index contributed by atoms with van der Waals surface area (Å²) in [6.07, 6.45) is 3.57. The second kappa shape index (κ2) is 5.00. The van der Waals surface area contributed by atoms with Crippen molar-refractivity contribution in [2.75, 3.05) is 0 Å². The number of hydrogen-bond acceptors (Lipinski definition) is 3. The molecule has 88 valence electrons. The smallest absolute Gasteiger partial charge is 0.124 e. The first-order valence-corrected chi connectivity index (χ1v) is 7.12. The van der Waals surface area contributed by atoms with E-state index in [0.29, 0.717) is 0 Å². The molecule has 0 aliphatic heterocycles. The lowest BCUT2D eigenvalue weighted by Gasteiger charge is -1.97. The van der Waals surface area contributed by atoms with Crippen molar-refractivity contribution in [2.24, 2.45) is 0 Å². The van der Waals surface area contributed by atoms with Gasteiger partial charge in [0.05, 0.1) is 5.69 Å². The van der Waals surface area contributed by atoms with Gasteiger partial charge in [-0.2, -0.15) is 0 Å². The lowest BCUT2D eigenvalue weighted by Crippen LogP contribution is -1.80. The van der Waals surface area contributed by atoms with Crippen LogP contribution in [0.25, 0.3) is 21.8 Å². The summed E-state index contributed by atoms with van der Waals surface area (Å²) < 4.78 is 1.07. The normalized spacial score (nSPS) is 10.5. The molecule has 0 saturated heterocycles. The zero-order chi connectivity index (χ0) is 12.4. The third kappa shape index (κ3) is 2.35. The van der Waals surface area contributed by atoms with Gasteiger partial charge in [-0.1, -0.05) is 28.1 Å². The van der Waals surface area contributed by atoms with E-state index in [9.17, 15) is 0 Å². The average Bonchev–Trinajstić information content (AvgIpc) is 2.89. The van der Waals surface area contributed by atoms with Gasteiger partial charge >= 0.3 is 0 Å². The molecule has 0 spiro atoms. The lowest BCUT2D eigenvalue weighted by atomic mass is 10.2. The summed E-state index contributed by atoms with van der Waals surface area (Å²) in [4.78, 5) is 8.68. The zero-order valence-corrected chi connectivity index (χ0v) is 11.8. The minimum absolute atomic E-state index is 0.998. The predicted octanol–water partition coefficient (Wildman–Crippen LogP) is 4.63. The molecule has 0 N–H and O–H groups in total. The minimum atomic E-state index is 0.998. The Labute approximate surface area is 117 Å². The van der Waals surface area contributed by atoms with Gasteiger partial charge in [0.2, 0.25) is 0 Å². The van der Waals surface area contributed by atoms with Crippen molar-refractivity contribution < 1.29 is 0 Å². The Morgan fingerprint density at radius 3 is 2.61 bits per heavy atom. The van der Waals surface area contributed by atoms with Crippen molar-refractivity contribution in [3.63, 3.8) is 0 Å². The summed E-state index contributed by atoms with van der Waals surface area (Å²) in [6, 6.07) is 12.1. The van der Waals surface area contributed by atoms with Crippen molar-refractivity contribution in [2.45, 2.75) is 0 Å². The Bertz CT molecular complexity index is 664. The van der Waals surface area contributed by atoms with Crippen LogP contribution < -0.4 is 0 Å². The summed E-state index contributed by atoms with van der Waals surface area (Å²) in [5, 5.41) is 3.11. The van der Waals surface area contributed by atoms with Crippen LogP contribution >= 0.6 is 27.3 Å². The first-order chi connectivity index (χ1) is 8.83. The van der Waals surface area contributed by atoms with Crippen molar-refractivity contribution in [3.8, 4) is 21.8 Å². The molecular weight excluding hydrogens is 308 g/mol. The zero-order valence-electron chi connectivity index (χ0n) is 9.38. The van der Waals surface area contributed by atoms with Crippen LogP contribution in [-0.4, -0.2) is 9.97 Å².